The SMILES string of the molecule is Cc1ccc(-c2c(C)noc2C)cc1C(Nc1ccc(C2(C#N)CC2)cc1)C1CC1CNc1cc2c(cc1F)CN(C1CCC(=O)NC1=O)C2=O. The Morgan fingerprint density at radius 1 is 1.10 bits per heavy atom. The highest BCUT2D eigenvalue weighted by atomic mass is 19.1. The van der Waals surface area contributed by atoms with E-state index in [0.717, 1.165) is 64.2 Å². The summed E-state index contributed by atoms with van der Waals surface area (Å²) in [5.41, 5.74) is 7.95. The Labute approximate surface area is 295 Å². The van der Waals surface area contributed by atoms with Crippen LogP contribution in [0.3, 0.4) is 0 Å². The van der Waals surface area contributed by atoms with Crippen LogP contribution in [0, 0.1) is 49.8 Å². The number of anilines is 2. The highest BCUT2D eigenvalue weighted by Crippen LogP contribution is 2.51. The van der Waals surface area contributed by atoms with Crippen LogP contribution in [-0.4, -0.2) is 40.4 Å². The minimum Gasteiger partial charge on any atom is -0.382 e. The maximum absolute atomic E-state index is 15.4. The first-order valence-corrected chi connectivity index (χ1v) is 17.6. The summed E-state index contributed by atoms with van der Waals surface area (Å²) >= 11 is 0. The lowest BCUT2D eigenvalue weighted by molar-refractivity contribution is -0.136. The number of fused-ring (bicyclic) bond motifs is 1. The molecule has 2 aliphatic heterocycles. The molecule has 4 unspecified atom stereocenters. The summed E-state index contributed by atoms with van der Waals surface area (Å²) < 4.78 is 20.9. The Balaban J connectivity index is 1.02. The number of hydrogen-bond acceptors (Lipinski definition) is 8. The average Bonchev–Trinajstić information content (AvgIpc) is 4.03. The van der Waals surface area contributed by atoms with Crippen molar-refractivity contribution in [3.63, 3.8) is 0 Å². The molecule has 3 fully saturated rings. The molecule has 1 aromatic heterocycles. The first-order valence-electron chi connectivity index (χ1n) is 17.6. The molecule has 8 rings (SSSR count). The van der Waals surface area contributed by atoms with Gasteiger partial charge in [-0.3, -0.25) is 19.7 Å². The van der Waals surface area contributed by atoms with Gasteiger partial charge in [0, 0.05) is 36.3 Å². The van der Waals surface area contributed by atoms with E-state index in [9.17, 15) is 19.6 Å². The molecule has 10 nitrogen and oxygen atoms in total. The van der Waals surface area contributed by atoms with E-state index in [1.54, 1.807) is 6.07 Å². The minimum absolute atomic E-state index is 0.0533. The number of nitrogens with one attached hydrogen (secondary N) is 3. The molecule has 11 heteroatoms. The fraction of sp³-hybridized carbons (Fsp3) is 0.375. The molecule has 1 saturated heterocycles. The molecule has 260 valence electrons. The van der Waals surface area contributed by atoms with E-state index >= 15 is 4.39 Å². The molecule has 4 aliphatic rings. The van der Waals surface area contributed by atoms with Crippen LogP contribution in [-0.2, 0) is 21.5 Å². The largest absolute Gasteiger partial charge is 0.382 e. The molecule has 3 heterocycles. The van der Waals surface area contributed by atoms with E-state index in [1.165, 1.54) is 11.0 Å². The maximum atomic E-state index is 15.4. The topological polar surface area (TPSA) is 140 Å². The van der Waals surface area contributed by atoms with Crippen molar-refractivity contribution in [1.82, 2.24) is 15.4 Å². The standard InChI is InChI=1S/C40H39FN6O4/c1-21-4-5-24(36-22(2)46-51-23(36)3)14-29(21)37(44-28-8-6-27(7-9-28)40(20-42)12-13-40)30-15-25(30)18-43-33-17-31-26(16-32(33)41)19-47(39(31)50)34-10-11-35(48)45-38(34)49/h4-9,14,16-17,25,30,34,37,43-44H,10-13,15,18-19H2,1-3H3,(H,45,48,49). The van der Waals surface area contributed by atoms with E-state index in [0.29, 0.717) is 17.7 Å². The highest BCUT2D eigenvalue weighted by molar-refractivity contribution is 6.05. The number of halogens is 1. The number of amides is 3. The predicted molar refractivity (Wildman–Crippen MR) is 188 cm³/mol. The van der Waals surface area contributed by atoms with Gasteiger partial charge in [0.2, 0.25) is 11.8 Å². The zero-order chi connectivity index (χ0) is 35.6. The Bertz CT molecular complexity index is 2110. The number of benzene rings is 3. The zero-order valence-corrected chi connectivity index (χ0v) is 28.8. The molecule has 2 aliphatic carbocycles. The van der Waals surface area contributed by atoms with Crippen LogP contribution in [0.1, 0.15) is 82.2 Å². The molecule has 3 amide bonds. The number of imide groups is 1. The van der Waals surface area contributed by atoms with Crippen LogP contribution >= 0.6 is 0 Å². The molecule has 2 saturated carbocycles. The van der Waals surface area contributed by atoms with Crippen molar-refractivity contribution in [3.8, 4) is 17.2 Å². The summed E-state index contributed by atoms with van der Waals surface area (Å²) in [4.78, 5) is 38.9. The number of hydrogen-bond donors (Lipinski definition) is 3. The zero-order valence-electron chi connectivity index (χ0n) is 28.8. The van der Waals surface area contributed by atoms with Crippen LogP contribution in [0.15, 0.2) is 59.1 Å². The maximum Gasteiger partial charge on any atom is 0.255 e. The normalized spacial score (nSPS) is 22.2. The third-order valence-corrected chi connectivity index (χ3v) is 11.2. The van der Waals surface area contributed by atoms with E-state index in [-0.39, 0.29) is 60.2 Å². The lowest BCUT2D eigenvalue weighted by Crippen LogP contribution is -2.52. The van der Waals surface area contributed by atoms with Gasteiger partial charge in [-0.05, 0) is 116 Å². The summed E-state index contributed by atoms with van der Waals surface area (Å²) in [5, 5.41) is 23.3. The lowest BCUT2D eigenvalue weighted by atomic mass is 9.91. The average molecular weight is 687 g/mol. The van der Waals surface area contributed by atoms with Gasteiger partial charge in [0.1, 0.15) is 17.6 Å². The Morgan fingerprint density at radius 3 is 2.57 bits per heavy atom. The number of nitriles is 1. The molecule has 3 aromatic carbocycles. The smallest absolute Gasteiger partial charge is 0.255 e. The second kappa shape index (κ2) is 12.4. The Hall–Kier alpha value is -5.50. The van der Waals surface area contributed by atoms with Crippen molar-refractivity contribution in [2.24, 2.45) is 11.8 Å². The summed E-state index contributed by atoms with van der Waals surface area (Å²) in [6, 6.07) is 19.2. The van der Waals surface area contributed by atoms with Gasteiger partial charge in [-0.1, -0.05) is 29.4 Å². The molecule has 0 spiro atoms. The Morgan fingerprint density at radius 2 is 1.88 bits per heavy atom. The minimum atomic E-state index is -0.754. The summed E-state index contributed by atoms with van der Waals surface area (Å²) in [6.45, 7) is 6.60. The van der Waals surface area contributed by atoms with Crippen LogP contribution in [0.2, 0.25) is 0 Å². The quantitative estimate of drug-likeness (QED) is 0.158. The molecule has 0 radical (unpaired) electrons. The van der Waals surface area contributed by atoms with Crippen molar-refractivity contribution < 1.29 is 23.3 Å². The van der Waals surface area contributed by atoms with Crippen LogP contribution in [0.5, 0.6) is 0 Å². The molecular formula is C40H39FN6O4. The molecular weight excluding hydrogens is 647 g/mol. The first-order chi connectivity index (χ1) is 24.5. The second-order valence-corrected chi connectivity index (χ2v) is 14.6. The third kappa shape index (κ3) is 5.92. The van der Waals surface area contributed by atoms with Gasteiger partial charge in [0.15, 0.2) is 0 Å². The van der Waals surface area contributed by atoms with Gasteiger partial charge in [0.25, 0.3) is 5.91 Å². The van der Waals surface area contributed by atoms with Gasteiger partial charge >= 0.3 is 0 Å². The highest BCUT2D eigenvalue weighted by Gasteiger charge is 2.46. The molecule has 0 bridgehead atoms. The fourth-order valence-electron chi connectivity index (χ4n) is 7.97. The number of carbonyl (C=O) groups excluding carboxylic acids is 3. The monoisotopic (exact) mass is 686 g/mol. The van der Waals surface area contributed by atoms with Crippen molar-refractivity contribution in [3.05, 3.63) is 99.7 Å². The van der Waals surface area contributed by atoms with Gasteiger partial charge in [-0.15, -0.1) is 0 Å². The van der Waals surface area contributed by atoms with Crippen molar-refractivity contribution in [1.29, 1.82) is 5.26 Å². The third-order valence-electron chi connectivity index (χ3n) is 11.2. The van der Waals surface area contributed by atoms with Gasteiger partial charge in [0.05, 0.1) is 28.9 Å². The predicted octanol–water partition coefficient (Wildman–Crippen LogP) is 6.62. The van der Waals surface area contributed by atoms with E-state index in [2.05, 4.69) is 64.4 Å². The van der Waals surface area contributed by atoms with E-state index in [1.807, 2.05) is 26.0 Å². The van der Waals surface area contributed by atoms with Crippen molar-refractivity contribution in [2.45, 2.75) is 76.9 Å². The molecule has 4 aromatic rings. The van der Waals surface area contributed by atoms with Crippen molar-refractivity contribution in [2.75, 3.05) is 17.2 Å². The van der Waals surface area contributed by atoms with Crippen molar-refractivity contribution >= 4 is 29.1 Å². The van der Waals surface area contributed by atoms with Gasteiger partial charge in [-0.25, -0.2) is 4.39 Å². The summed E-state index contributed by atoms with van der Waals surface area (Å²) in [5.74, 6) is -0.417. The van der Waals surface area contributed by atoms with Crippen LogP contribution in [0.4, 0.5) is 15.8 Å². The first kappa shape index (κ1) is 32.7. The summed E-state index contributed by atoms with van der Waals surface area (Å²) in [7, 11) is 0. The number of piperidine rings is 1. The van der Waals surface area contributed by atoms with Crippen LogP contribution in [0.25, 0.3) is 11.1 Å². The van der Waals surface area contributed by atoms with E-state index in [4.69, 9.17) is 4.52 Å². The van der Waals surface area contributed by atoms with E-state index < -0.39 is 17.8 Å². The number of nitrogens with zero attached hydrogens (tertiary/aromatic N) is 3. The number of carbonyl (C=O) groups is 3. The Kier molecular flexibility index (Phi) is 7.93. The van der Waals surface area contributed by atoms with Gasteiger partial charge in [-0.2, -0.15) is 5.26 Å². The number of aryl methyl sites for hydroxylation is 3. The fourth-order valence-corrected chi connectivity index (χ4v) is 7.97. The lowest BCUT2D eigenvalue weighted by Gasteiger charge is -2.29. The van der Waals surface area contributed by atoms with Crippen LogP contribution < -0.4 is 16.0 Å². The van der Waals surface area contributed by atoms with Gasteiger partial charge < -0.3 is 20.1 Å². The summed E-state index contributed by atoms with van der Waals surface area (Å²) in [6.07, 6.45) is 3.10. The molecule has 51 heavy (non-hydrogen) atoms. The second-order valence-electron chi connectivity index (χ2n) is 14.6. The molecule has 3 N–H and O–H groups in total. The molecule has 4 atom stereocenters. The number of aromatic nitrogens is 1. The number of rotatable bonds is 10.